The third kappa shape index (κ3) is 7.40. The molecule has 0 aliphatic carbocycles. The van der Waals surface area contributed by atoms with Gasteiger partial charge in [0.05, 0.1) is 17.1 Å². The van der Waals surface area contributed by atoms with Crippen LogP contribution in [0, 0.1) is 0 Å². The van der Waals surface area contributed by atoms with E-state index >= 15 is 0 Å². The summed E-state index contributed by atoms with van der Waals surface area (Å²) in [5.74, 6) is 0.339. The minimum Gasteiger partial charge on any atom is -0.415 e. The number of nitrogens with one attached hydrogen (secondary N) is 1. The molecule has 41 heavy (non-hydrogen) atoms. The molecule has 4 rings (SSSR count). The summed E-state index contributed by atoms with van der Waals surface area (Å²) < 4.78 is 74.9. The van der Waals surface area contributed by atoms with Crippen molar-refractivity contribution in [3.05, 3.63) is 66.5 Å². The molecule has 0 amide bonds. The van der Waals surface area contributed by atoms with Gasteiger partial charge in [0.15, 0.2) is 8.32 Å². The van der Waals surface area contributed by atoms with Crippen molar-refractivity contribution in [3.63, 3.8) is 0 Å². The van der Waals surface area contributed by atoms with E-state index in [0.29, 0.717) is 44.9 Å². The van der Waals surface area contributed by atoms with Gasteiger partial charge in [-0.3, -0.25) is 0 Å². The number of sulfonamides is 1. The molecule has 0 saturated carbocycles. The van der Waals surface area contributed by atoms with Crippen LogP contribution in [0.4, 0.5) is 19.0 Å². The monoisotopic (exact) mass is 608 g/mol. The normalized spacial score (nSPS) is 16.2. The molecule has 0 spiro atoms. The number of piperidine rings is 1. The van der Waals surface area contributed by atoms with Gasteiger partial charge in [0, 0.05) is 43.8 Å². The Kier molecular flexibility index (Phi) is 9.08. The third-order valence-electron chi connectivity index (χ3n) is 8.12. The maximum Gasteiger partial charge on any atom is 0.417 e. The lowest BCUT2D eigenvalue weighted by molar-refractivity contribution is -0.137. The number of halogens is 3. The Morgan fingerprint density at radius 2 is 1.68 bits per heavy atom. The minimum absolute atomic E-state index is 0.0820. The predicted octanol–water partition coefficient (Wildman–Crippen LogP) is 6.86. The van der Waals surface area contributed by atoms with Gasteiger partial charge in [0.25, 0.3) is 0 Å². The van der Waals surface area contributed by atoms with Crippen molar-refractivity contribution < 1.29 is 26.0 Å². The quantitative estimate of drug-likeness (QED) is 0.269. The van der Waals surface area contributed by atoms with Gasteiger partial charge in [-0.1, -0.05) is 32.9 Å². The van der Waals surface area contributed by atoms with Crippen LogP contribution in [0.25, 0.3) is 11.3 Å². The second-order valence-electron chi connectivity index (χ2n) is 12.0. The molecule has 1 N–H and O–H groups in total. The fourth-order valence-corrected chi connectivity index (χ4v) is 7.03. The van der Waals surface area contributed by atoms with Crippen molar-refractivity contribution in [1.29, 1.82) is 0 Å². The van der Waals surface area contributed by atoms with Gasteiger partial charge < -0.3 is 14.3 Å². The average molecular weight is 609 g/mol. The van der Waals surface area contributed by atoms with Crippen LogP contribution in [0.15, 0.2) is 65.8 Å². The number of hydrogen-bond acceptors (Lipinski definition) is 5. The maximum absolute atomic E-state index is 13.3. The van der Waals surface area contributed by atoms with Crippen molar-refractivity contribution in [2.24, 2.45) is 0 Å². The van der Waals surface area contributed by atoms with E-state index in [9.17, 15) is 21.6 Å². The average Bonchev–Trinajstić information content (AvgIpc) is 3.37. The molecule has 1 aliphatic rings. The molecule has 3 heterocycles. The van der Waals surface area contributed by atoms with Crippen molar-refractivity contribution in [1.82, 2.24) is 13.9 Å². The highest BCUT2D eigenvalue weighted by Gasteiger charge is 2.37. The lowest BCUT2D eigenvalue weighted by Crippen LogP contribution is -2.42. The van der Waals surface area contributed by atoms with E-state index in [1.54, 1.807) is 12.1 Å². The Labute approximate surface area is 241 Å². The summed E-state index contributed by atoms with van der Waals surface area (Å²) in [6, 6.07) is 13.1. The summed E-state index contributed by atoms with van der Waals surface area (Å²) in [5, 5.41) is 3.26. The van der Waals surface area contributed by atoms with Gasteiger partial charge in [-0.15, -0.1) is 0 Å². The lowest BCUT2D eigenvalue weighted by atomic mass is 10.1. The summed E-state index contributed by atoms with van der Waals surface area (Å²) >= 11 is 0. The molecule has 7 nitrogen and oxygen atoms in total. The highest BCUT2D eigenvalue weighted by atomic mass is 32.2. The van der Waals surface area contributed by atoms with E-state index in [-0.39, 0.29) is 16.0 Å². The van der Waals surface area contributed by atoms with Crippen LogP contribution >= 0.6 is 0 Å². The Bertz CT molecular complexity index is 1410. The molecule has 0 unspecified atom stereocenters. The molecular weight excluding hydrogens is 569 g/mol. The summed E-state index contributed by atoms with van der Waals surface area (Å²) in [7, 11) is -5.52. The van der Waals surface area contributed by atoms with Crippen LogP contribution in [-0.2, 0) is 27.2 Å². The zero-order valence-electron chi connectivity index (χ0n) is 24.2. The summed E-state index contributed by atoms with van der Waals surface area (Å²) in [6.07, 6.45) is -0.596. The van der Waals surface area contributed by atoms with Gasteiger partial charge in [-0.25, -0.2) is 13.4 Å². The van der Waals surface area contributed by atoms with Crippen molar-refractivity contribution in [2.75, 3.05) is 25.0 Å². The second kappa shape index (κ2) is 11.9. The third-order valence-corrected chi connectivity index (χ3v) is 14.6. The molecule has 1 aromatic carbocycles. The van der Waals surface area contributed by atoms with Crippen LogP contribution in [-0.4, -0.2) is 56.3 Å². The molecule has 3 aromatic rings. The second-order valence-corrected chi connectivity index (χ2v) is 18.7. The smallest absolute Gasteiger partial charge is 0.415 e. The fourth-order valence-electron chi connectivity index (χ4n) is 4.53. The SMILES string of the molecule is CC(C)(C)[Si](C)(C)OCCn1cccc1-c1ccc(S(=O)(=O)N2CCC(Nc3ccc(C(F)(F)F)cn3)CC2)cc1. The zero-order valence-corrected chi connectivity index (χ0v) is 26.0. The molecule has 0 radical (unpaired) electrons. The van der Waals surface area contributed by atoms with Gasteiger partial charge in [0.2, 0.25) is 10.0 Å². The first kappa shape index (κ1) is 31.3. The van der Waals surface area contributed by atoms with E-state index < -0.39 is 30.1 Å². The van der Waals surface area contributed by atoms with Crippen LogP contribution < -0.4 is 5.32 Å². The highest BCUT2D eigenvalue weighted by molar-refractivity contribution is 7.89. The first-order valence-electron chi connectivity index (χ1n) is 13.8. The van der Waals surface area contributed by atoms with Crippen LogP contribution in [0.5, 0.6) is 0 Å². The topological polar surface area (TPSA) is 76.5 Å². The van der Waals surface area contributed by atoms with Gasteiger partial charge >= 0.3 is 6.18 Å². The number of rotatable bonds is 9. The van der Waals surface area contributed by atoms with Crippen molar-refractivity contribution >= 4 is 24.2 Å². The molecule has 1 saturated heterocycles. The van der Waals surface area contributed by atoms with Crippen LogP contribution in [0.1, 0.15) is 39.2 Å². The fraction of sp³-hybridized carbons (Fsp3) is 0.483. The maximum atomic E-state index is 13.3. The molecule has 12 heteroatoms. The molecule has 1 aliphatic heterocycles. The summed E-state index contributed by atoms with van der Waals surface area (Å²) in [6.45, 7) is 13.1. The van der Waals surface area contributed by atoms with Gasteiger partial charge in [-0.05, 0) is 72.9 Å². The van der Waals surface area contributed by atoms with E-state index in [1.807, 2.05) is 30.5 Å². The highest BCUT2D eigenvalue weighted by Crippen LogP contribution is 2.36. The lowest BCUT2D eigenvalue weighted by Gasteiger charge is -2.36. The van der Waals surface area contributed by atoms with Crippen molar-refractivity contribution in [3.8, 4) is 11.3 Å². The van der Waals surface area contributed by atoms with Gasteiger partial charge in [0.1, 0.15) is 5.82 Å². The molecule has 0 bridgehead atoms. The predicted molar refractivity (Wildman–Crippen MR) is 158 cm³/mol. The van der Waals surface area contributed by atoms with E-state index in [2.05, 4.69) is 48.7 Å². The first-order chi connectivity index (χ1) is 19.1. The van der Waals surface area contributed by atoms with Crippen molar-refractivity contribution in [2.45, 2.75) is 75.4 Å². The van der Waals surface area contributed by atoms with E-state index in [4.69, 9.17) is 4.43 Å². The van der Waals surface area contributed by atoms with E-state index in [0.717, 1.165) is 23.5 Å². The zero-order chi connectivity index (χ0) is 30.1. The number of pyridine rings is 1. The Hall–Kier alpha value is -2.67. The summed E-state index contributed by atoms with van der Waals surface area (Å²) in [4.78, 5) is 4.09. The number of aromatic nitrogens is 2. The molecule has 2 aromatic heterocycles. The molecule has 0 atom stereocenters. The standard InChI is InChI=1S/C29H39F3N4O3SSi/c1-28(2,3)41(4,5)39-20-19-35-16-6-7-26(35)22-8-11-25(12-9-22)40(37,38)36-17-14-24(15-18-36)34-27-13-10-23(21-33-27)29(30,31)32/h6-13,16,21,24H,14-15,17-20H2,1-5H3,(H,33,34). The van der Waals surface area contributed by atoms with Crippen LogP contribution in [0.2, 0.25) is 18.1 Å². The molecule has 1 fully saturated rings. The number of nitrogens with zero attached hydrogens (tertiary/aromatic N) is 3. The van der Waals surface area contributed by atoms with E-state index in [1.165, 1.54) is 10.4 Å². The van der Waals surface area contributed by atoms with Crippen LogP contribution in [0.3, 0.4) is 0 Å². The minimum atomic E-state index is -4.44. The Balaban J connectivity index is 1.34. The van der Waals surface area contributed by atoms with Gasteiger partial charge in [-0.2, -0.15) is 17.5 Å². The summed E-state index contributed by atoms with van der Waals surface area (Å²) in [5.41, 5.74) is 1.11. The molecular formula is C29H39F3N4O3SSi. The largest absolute Gasteiger partial charge is 0.417 e. The number of anilines is 1. The molecule has 224 valence electrons. The number of hydrogen-bond donors (Lipinski definition) is 1. The Morgan fingerprint density at radius 3 is 2.24 bits per heavy atom. The number of alkyl halides is 3. The Morgan fingerprint density at radius 1 is 1.02 bits per heavy atom. The number of benzene rings is 1. The first-order valence-corrected chi connectivity index (χ1v) is 18.1.